The number of hydrogen-bond acceptors (Lipinski definition) is 8. The molecule has 0 radical (unpaired) electrons. The van der Waals surface area contributed by atoms with Crippen molar-refractivity contribution < 1.29 is 39.8 Å². The number of hydrogen-bond donors (Lipinski definition) is 6. The second kappa shape index (κ2) is 54.8. The van der Waals surface area contributed by atoms with Crippen LogP contribution in [0.4, 0.5) is 0 Å². The second-order valence-electron chi connectivity index (χ2n) is 22.5. The SMILES string of the molecule is CCCCCCCCCCCCCCCCCCCCC/C=C/CC/C=C/CC/C=C/C(O)C(COC1OC(CO)C(O)C(O)C1O)NC(=O)CCCCCCCCCCCCCCCCCCCCCCCC. The highest BCUT2D eigenvalue weighted by Gasteiger charge is 2.44. The first kappa shape index (κ1) is 70.4. The summed E-state index contributed by atoms with van der Waals surface area (Å²) in [6, 6.07) is -0.827. The lowest BCUT2D eigenvalue weighted by molar-refractivity contribution is -0.302. The van der Waals surface area contributed by atoms with E-state index in [9.17, 15) is 30.3 Å². The number of rotatable bonds is 56. The highest BCUT2D eigenvalue weighted by molar-refractivity contribution is 5.76. The summed E-state index contributed by atoms with van der Waals surface area (Å²) in [5.41, 5.74) is 0. The van der Waals surface area contributed by atoms with Gasteiger partial charge in [-0.05, 0) is 44.9 Å². The van der Waals surface area contributed by atoms with Crippen LogP contribution in [-0.4, -0.2) is 87.5 Å². The zero-order chi connectivity index (χ0) is 53.6. The molecule has 6 N–H and O–H groups in total. The first-order valence-electron chi connectivity index (χ1n) is 32.2. The Balaban J connectivity index is 2.20. The van der Waals surface area contributed by atoms with E-state index in [0.717, 1.165) is 44.9 Å². The van der Waals surface area contributed by atoms with Gasteiger partial charge >= 0.3 is 0 Å². The van der Waals surface area contributed by atoms with E-state index >= 15 is 0 Å². The van der Waals surface area contributed by atoms with Gasteiger partial charge in [0.1, 0.15) is 24.4 Å². The molecule has 0 aromatic rings. The Kier molecular flexibility index (Phi) is 52.1. The van der Waals surface area contributed by atoms with Crippen LogP contribution in [0.2, 0.25) is 0 Å². The lowest BCUT2D eigenvalue weighted by atomic mass is 9.99. The zero-order valence-electron chi connectivity index (χ0n) is 48.6. The van der Waals surface area contributed by atoms with Gasteiger partial charge in [0.15, 0.2) is 6.29 Å². The molecule has 74 heavy (non-hydrogen) atoms. The Morgan fingerprint density at radius 2 is 0.770 bits per heavy atom. The number of aliphatic hydroxyl groups excluding tert-OH is 5. The monoisotopic (exact) mass is 1050 g/mol. The fourth-order valence-corrected chi connectivity index (χ4v) is 10.4. The Morgan fingerprint density at radius 3 is 1.14 bits per heavy atom. The molecule has 436 valence electrons. The molecule has 0 aromatic carbocycles. The zero-order valence-corrected chi connectivity index (χ0v) is 48.6. The van der Waals surface area contributed by atoms with Crippen LogP contribution in [0.3, 0.4) is 0 Å². The minimum Gasteiger partial charge on any atom is -0.394 e. The van der Waals surface area contributed by atoms with Crippen molar-refractivity contribution in [3.63, 3.8) is 0 Å². The van der Waals surface area contributed by atoms with E-state index < -0.39 is 49.5 Å². The molecule has 1 heterocycles. The highest BCUT2D eigenvalue weighted by Crippen LogP contribution is 2.23. The molecule has 1 aliphatic heterocycles. The van der Waals surface area contributed by atoms with Crippen LogP contribution >= 0.6 is 0 Å². The second-order valence-corrected chi connectivity index (χ2v) is 22.5. The Morgan fingerprint density at radius 1 is 0.446 bits per heavy atom. The van der Waals surface area contributed by atoms with Crippen LogP contribution in [-0.2, 0) is 14.3 Å². The first-order chi connectivity index (χ1) is 36.3. The number of allylic oxidation sites excluding steroid dienone is 5. The van der Waals surface area contributed by atoms with E-state index in [-0.39, 0.29) is 12.5 Å². The number of aliphatic hydroxyl groups is 5. The molecule has 7 atom stereocenters. The van der Waals surface area contributed by atoms with Crippen LogP contribution in [0, 0.1) is 0 Å². The molecule has 9 nitrogen and oxygen atoms in total. The van der Waals surface area contributed by atoms with Gasteiger partial charge in [0.2, 0.25) is 5.91 Å². The Labute approximate surface area is 457 Å². The van der Waals surface area contributed by atoms with E-state index in [1.165, 1.54) is 250 Å². The van der Waals surface area contributed by atoms with Gasteiger partial charge < -0.3 is 40.3 Å². The van der Waals surface area contributed by atoms with E-state index in [2.05, 4.69) is 43.5 Å². The molecule has 1 fully saturated rings. The number of carbonyl (C=O) groups is 1. The quantitative estimate of drug-likeness (QED) is 0.0261. The number of amides is 1. The van der Waals surface area contributed by atoms with Crippen molar-refractivity contribution in [1.82, 2.24) is 5.32 Å². The van der Waals surface area contributed by atoms with Crippen molar-refractivity contribution >= 4 is 5.91 Å². The lowest BCUT2D eigenvalue weighted by Crippen LogP contribution is -2.60. The number of nitrogens with one attached hydrogen (secondary N) is 1. The molecule has 7 unspecified atom stereocenters. The molecule has 9 heteroatoms. The molecular weight excluding hydrogens is 923 g/mol. The average Bonchev–Trinajstić information content (AvgIpc) is 3.40. The minimum atomic E-state index is -1.57. The molecule has 0 aliphatic carbocycles. The van der Waals surface area contributed by atoms with Gasteiger partial charge in [-0.3, -0.25) is 4.79 Å². The third kappa shape index (κ3) is 43.4. The van der Waals surface area contributed by atoms with Crippen molar-refractivity contribution in [3.05, 3.63) is 36.5 Å². The molecule has 1 amide bonds. The van der Waals surface area contributed by atoms with Gasteiger partial charge in [-0.1, -0.05) is 301 Å². The summed E-state index contributed by atoms with van der Waals surface area (Å²) in [6.07, 6.45) is 65.2. The van der Waals surface area contributed by atoms with Crippen LogP contribution in [0.15, 0.2) is 36.5 Å². The summed E-state index contributed by atoms with van der Waals surface area (Å²) in [5, 5.41) is 54.6. The molecule has 1 aliphatic rings. The van der Waals surface area contributed by atoms with Gasteiger partial charge in [-0.2, -0.15) is 0 Å². The van der Waals surface area contributed by atoms with Gasteiger partial charge in [-0.15, -0.1) is 0 Å². The minimum absolute atomic E-state index is 0.185. The third-order valence-corrected chi connectivity index (χ3v) is 15.4. The van der Waals surface area contributed by atoms with Crippen LogP contribution in [0.5, 0.6) is 0 Å². The molecule has 0 spiro atoms. The van der Waals surface area contributed by atoms with E-state index in [1.54, 1.807) is 6.08 Å². The first-order valence-corrected chi connectivity index (χ1v) is 32.2. The number of unbranched alkanes of at least 4 members (excludes halogenated alkanes) is 42. The maximum atomic E-state index is 13.1. The third-order valence-electron chi connectivity index (χ3n) is 15.4. The van der Waals surface area contributed by atoms with E-state index in [4.69, 9.17) is 9.47 Å². The predicted octanol–water partition coefficient (Wildman–Crippen LogP) is 16.7. The lowest BCUT2D eigenvalue weighted by Gasteiger charge is -2.40. The summed E-state index contributed by atoms with van der Waals surface area (Å²) >= 11 is 0. The Bertz CT molecular complexity index is 1260. The highest BCUT2D eigenvalue weighted by atomic mass is 16.7. The fraction of sp³-hybridized carbons (Fsp3) is 0.892. The van der Waals surface area contributed by atoms with Crippen molar-refractivity contribution in [2.24, 2.45) is 0 Å². The summed E-state index contributed by atoms with van der Waals surface area (Å²) in [4.78, 5) is 13.1. The fourth-order valence-electron chi connectivity index (χ4n) is 10.4. The summed E-state index contributed by atoms with van der Waals surface area (Å²) in [7, 11) is 0. The van der Waals surface area contributed by atoms with Crippen LogP contribution in [0.25, 0.3) is 0 Å². The standard InChI is InChI=1S/C65H123NO8/c1-3-5-7-9-11-13-15-17-19-21-23-25-27-28-29-30-31-32-33-34-36-38-40-42-44-46-48-50-52-54-59(68)58(57-73-65-64(72)63(71)62(70)60(56-67)74-65)66-61(69)55-53-51-49-47-45-43-41-39-37-35-26-24-22-20-18-16-14-12-10-8-6-4-2/h36,38,44,46,52,54,58-60,62-65,67-68,70-72H,3-35,37,39-43,45,47-51,53,55-57H2,1-2H3,(H,66,69)/b38-36+,46-44+,54-52+. The van der Waals surface area contributed by atoms with Crippen molar-refractivity contribution in [1.29, 1.82) is 0 Å². The summed E-state index contributed by atoms with van der Waals surface area (Å²) < 4.78 is 11.3. The van der Waals surface area contributed by atoms with E-state index in [0.29, 0.717) is 6.42 Å². The number of carbonyl (C=O) groups excluding carboxylic acids is 1. The smallest absolute Gasteiger partial charge is 0.220 e. The summed E-state index contributed by atoms with van der Waals surface area (Å²) in [6.45, 7) is 3.81. The molecular formula is C65H123NO8. The molecule has 1 saturated heterocycles. The van der Waals surface area contributed by atoms with Crippen molar-refractivity contribution in [3.8, 4) is 0 Å². The largest absolute Gasteiger partial charge is 0.394 e. The van der Waals surface area contributed by atoms with Gasteiger partial charge in [0.25, 0.3) is 0 Å². The van der Waals surface area contributed by atoms with Crippen molar-refractivity contribution in [2.45, 2.75) is 358 Å². The summed E-state index contributed by atoms with van der Waals surface area (Å²) in [5.74, 6) is -0.185. The van der Waals surface area contributed by atoms with E-state index in [1.807, 2.05) is 6.08 Å². The van der Waals surface area contributed by atoms with Gasteiger partial charge in [-0.25, -0.2) is 0 Å². The normalized spacial score (nSPS) is 19.1. The van der Waals surface area contributed by atoms with Gasteiger partial charge in [0, 0.05) is 6.42 Å². The Hall–Kier alpha value is -1.59. The molecule has 0 aromatic heterocycles. The maximum Gasteiger partial charge on any atom is 0.220 e. The topological polar surface area (TPSA) is 149 Å². The molecule has 0 bridgehead atoms. The maximum absolute atomic E-state index is 13.1. The van der Waals surface area contributed by atoms with Crippen molar-refractivity contribution in [2.75, 3.05) is 13.2 Å². The predicted molar refractivity (Wildman–Crippen MR) is 313 cm³/mol. The van der Waals surface area contributed by atoms with Crippen LogP contribution in [0.1, 0.15) is 316 Å². The average molecular weight is 1050 g/mol. The molecule has 0 saturated carbocycles. The van der Waals surface area contributed by atoms with Gasteiger partial charge in [0.05, 0.1) is 25.4 Å². The number of ether oxygens (including phenoxy) is 2. The van der Waals surface area contributed by atoms with Crippen LogP contribution < -0.4 is 5.32 Å². The molecule has 1 rings (SSSR count).